The first kappa shape index (κ1) is 13.2. The van der Waals surface area contributed by atoms with Gasteiger partial charge in [-0.25, -0.2) is 0 Å². The minimum Gasteiger partial charge on any atom is -0.382 e. The maximum Gasteiger partial charge on any atom is 0.0994 e. The van der Waals surface area contributed by atoms with Crippen LogP contribution < -0.4 is 5.32 Å². The van der Waals surface area contributed by atoms with Crippen LogP contribution in [0.15, 0.2) is 48.5 Å². The highest BCUT2D eigenvalue weighted by molar-refractivity contribution is 5.52. The van der Waals surface area contributed by atoms with Crippen molar-refractivity contribution < 1.29 is 0 Å². The molecule has 0 amide bonds. The molecule has 1 atom stereocenters. The van der Waals surface area contributed by atoms with E-state index in [2.05, 4.69) is 42.6 Å². The molecule has 0 radical (unpaired) electrons. The third-order valence-corrected chi connectivity index (χ3v) is 3.14. The van der Waals surface area contributed by atoms with Crippen molar-refractivity contribution in [3.8, 4) is 6.07 Å². The van der Waals surface area contributed by atoms with Gasteiger partial charge in [-0.15, -0.1) is 0 Å². The predicted molar refractivity (Wildman–Crippen MR) is 79.1 cm³/mol. The Hall–Kier alpha value is -2.27. The molecule has 0 aliphatic heterocycles. The second kappa shape index (κ2) is 6.06. The maximum atomic E-state index is 8.92. The quantitative estimate of drug-likeness (QED) is 0.893. The fraction of sp³-hybridized carbons (Fsp3) is 0.235. The fourth-order valence-electron chi connectivity index (χ4n) is 2.18. The van der Waals surface area contributed by atoms with Gasteiger partial charge in [0.1, 0.15) is 0 Å². The second-order valence-corrected chi connectivity index (χ2v) is 4.88. The molecule has 1 unspecified atom stereocenters. The number of aryl methyl sites for hydroxylation is 1. The number of hydrogen-bond donors (Lipinski definition) is 1. The number of nitrogens with one attached hydrogen (secondary N) is 1. The summed E-state index contributed by atoms with van der Waals surface area (Å²) in [7, 11) is 0. The first-order chi connectivity index (χ1) is 9.19. The lowest BCUT2D eigenvalue weighted by Gasteiger charge is -2.16. The van der Waals surface area contributed by atoms with Crippen molar-refractivity contribution in [3.63, 3.8) is 0 Å². The summed E-state index contributed by atoms with van der Waals surface area (Å²) in [4.78, 5) is 0. The molecule has 1 N–H and O–H groups in total. The summed E-state index contributed by atoms with van der Waals surface area (Å²) >= 11 is 0. The van der Waals surface area contributed by atoms with Gasteiger partial charge in [0.15, 0.2) is 0 Å². The van der Waals surface area contributed by atoms with Crippen LogP contribution in [-0.4, -0.2) is 6.04 Å². The molecule has 0 fully saturated rings. The van der Waals surface area contributed by atoms with Crippen molar-refractivity contribution in [2.75, 3.05) is 5.32 Å². The van der Waals surface area contributed by atoms with E-state index in [1.165, 1.54) is 5.56 Å². The predicted octanol–water partition coefficient (Wildman–Crippen LogP) is 3.91. The van der Waals surface area contributed by atoms with Gasteiger partial charge in [-0.05, 0) is 49.6 Å². The second-order valence-electron chi connectivity index (χ2n) is 4.88. The van der Waals surface area contributed by atoms with Crippen LogP contribution in [0, 0.1) is 18.3 Å². The van der Waals surface area contributed by atoms with E-state index in [9.17, 15) is 0 Å². The third kappa shape index (κ3) is 3.59. The Labute approximate surface area is 114 Å². The van der Waals surface area contributed by atoms with Crippen molar-refractivity contribution in [2.45, 2.75) is 26.3 Å². The van der Waals surface area contributed by atoms with Gasteiger partial charge in [-0.3, -0.25) is 0 Å². The summed E-state index contributed by atoms with van der Waals surface area (Å²) in [5.41, 5.74) is 4.15. The standard InChI is InChI=1S/C17H18N2/c1-13-10-17(9-8-16(13)12-18)19-14(2)11-15-6-4-3-5-7-15/h3-10,14,19H,11H2,1-2H3. The highest BCUT2D eigenvalue weighted by atomic mass is 14.9. The van der Waals surface area contributed by atoms with Gasteiger partial charge >= 0.3 is 0 Å². The Morgan fingerprint density at radius 1 is 1.16 bits per heavy atom. The molecular weight excluding hydrogens is 232 g/mol. The van der Waals surface area contributed by atoms with E-state index in [1.54, 1.807) is 0 Å². The highest BCUT2D eigenvalue weighted by Crippen LogP contribution is 2.16. The normalized spacial score (nSPS) is 11.6. The van der Waals surface area contributed by atoms with Crippen molar-refractivity contribution >= 4 is 5.69 Å². The molecule has 0 bridgehead atoms. The largest absolute Gasteiger partial charge is 0.382 e. The Morgan fingerprint density at radius 2 is 1.89 bits per heavy atom. The molecule has 0 aliphatic rings. The van der Waals surface area contributed by atoms with Gasteiger partial charge < -0.3 is 5.32 Å². The average Bonchev–Trinajstić information content (AvgIpc) is 2.40. The Bertz CT molecular complexity index is 582. The molecule has 2 rings (SSSR count). The summed E-state index contributed by atoms with van der Waals surface area (Å²) in [6.07, 6.45) is 0.986. The minimum absolute atomic E-state index is 0.356. The molecule has 2 heteroatoms. The van der Waals surface area contributed by atoms with Crippen molar-refractivity contribution in [2.24, 2.45) is 0 Å². The van der Waals surface area contributed by atoms with Crippen LogP contribution >= 0.6 is 0 Å². The van der Waals surface area contributed by atoms with E-state index >= 15 is 0 Å². The molecular formula is C17H18N2. The summed E-state index contributed by atoms with van der Waals surface area (Å²) in [6, 6.07) is 18.8. The minimum atomic E-state index is 0.356. The van der Waals surface area contributed by atoms with Gasteiger partial charge in [0.05, 0.1) is 11.6 Å². The lowest BCUT2D eigenvalue weighted by Crippen LogP contribution is -2.18. The van der Waals surface area contributed by atoms with Crippen molar-refractivity contribution in [3.05, 3.63) is 65.2 Å². The SMILES string of the molecule is Cc1cc(NC(C)Cc2ccccc2)ccc1C#N. The van der Waals surface area contributed by atoms with Gasteiger partial charge in [0, 0.05) is 11.7 Å². The molecule has 2 aromatic carbocycles. The van der Waals surface area contributed by atoms with Gasteiger partial charge in [-0.1, -0.05) is 30.3 Å². The van der Waals surface area contributed by atoms with E-state index in [-0.39, 0.29) is 0 Å². The first-order valence-corrected chi connectivity index (χ1v) is 6.50. The molecule has 19 heavy (non-hydrogen) atoms. The van der Waals surface area contributed by atoms with Crippen LogP contribution in [0.3, 0.4) is 0 Å². The monoisotopic (exact) mass is 250 g/mol. The number of rotatable bonds is 4. The summed E-state index contributed by atoms with van der Waals surface area (Å²) in [5, 5.41) is 12.4. The van der Waals surface area contributed by atoms with Gasteiger partial charge in [0.25, 0.3) is 0 Å². The molecule has 0 heterocycles. The number of benzene rings is 2. The van der Waals surface area contributed by atoms with Crippen LogP contribution in [0.1, 0.15) is 23.6 Å². The van der Waals surface area contributed by atoms with Crippen molar-refractivity contribution in [1.29, 1.82) is 5.26 Å². The van der Waals surface area contributed by atoms with E-state index in [0.29, 0.717) is 6.04 Å². The van der Waals surface area contributed by atoms with E-state index in [1.807, 2.05) is 31.2 Å². The highest BCUT2D eigenvalue weighted by Gasteiger charge is 2.05. The number of nitrogens with zero attached hydrogens (tertiary/aromatic N) is 1. The van der Waals surface area contributed by atoms with Crippen LogP contribution in [0.4, 0.5) is 5.69 Å². The summed E-state index contributed by atoms with van der Waals surface area (Å²) in [6.45, 7) is 4.13. The fourth-order valence-corrected chi connectivity index (χ4v) is 2.18. The van der Waals surface area contributed by atoms with E-state index < -0.39 is 0 Å². The van der Waals surface area contributed by atoms with Crippen LogP contribution in [-0.2, 0) is 6.42 Å². The van der Waals surface area contributed by atoms with Gasteiger partial charge in [0.2, 0.25) is 0 Å². The Kier molecular flexibility index (Phi) is 4.20. The Morgan fingerprint density at radius 3 is 2.53 bits per heavy atom. The van der Waals surface area contributed by atoms with Crippen molar-refractivity contribution in [1.82, 2.24) is 0 Å². The van der Waals surface area contributed by atoms with Gasteiger partial charge in [-0.2, -0.15) is 5.26 Å². The molecule has 2 aromatic rings. The molecule has 0 saturated carbocycles. The molecule has 0 aromatic heterocycles. The lowest BCUT2D eigenvalue weighted by molar-refractivity contribution is 0.790. The molecule has 0 spiro atoms. The smallest absolute Gasteiger partial charge is 0.0994 e. The number of anilines is 1. The zero-order valence-corrected chi connectivity index (χ0v) is 11.4. The maximum absolute atomic E-state index is 8.92. The Balaban J connectivity index is 2.01. The summed E-state index contributed by atoms with van der Waals surface area (Å²) < 4.78 is 0. The topological polar surface area (TPSA) is 35.8 Å². The van der Waals surface area contributed by atoms with Crippen LogP contribution in [0.2, 0.25) is 0 Å². The van der Waals surface area contributed by atoms with Crippen LogP contribution in [0.25, 0.3) is 0 Å². The summed E-state index contributed by atoms with van der Waals surface area (Å²) in [5.74, 6) is 0. The zero-order valence-electron chi connectivity index (χ0n) is 11.4. The molecule has 0 aliphatic carbocycles. The first-order valence-electron chi connectivity index (χ1n) is 6.50. The number of nitriles is 1. The average molecular weight is 250 g/mol. The molecule has 2 nitrogen and oxygen atoms in total. The molecule has 0 saturated heterocycles. The zero-order chi connectivity index (χ0) is 13.7. The number of hydrogen-bond acceptors (Lipinski definition) is 2. The van der Waals surface area contributed by atoms with E-state index in [4.69, 9.17) is 5.26 Å². The third-order valence-electron chi connectivity index (χ3n) is 3.14. The van der Waals surface area contributed by atoms with E-state index in [0.717, 1.165) is 23.2 Å². The lowest BCUT2D eigenvalue weighted by atomic mass is 10.1. The van der Waals surface area contributed by atoms with Crippen LogP contribution in [0.5, 0.6) is 0 Å². The molecule has 96 valence electrons.